The number of hydrogen-bond acceptors (Lipinski definition) is 7. The third-order valence-corrected chi connectivity index (χ3v) is 5.59. The summed E-state index contributed by atoms with van der Waals surface area (Å²) in [6, 6.07) is 8.17. The molecule has 0 aromatic heterocycles. The summed E-state index contributed by atoms with van der Waals surface area (Å²) in [7, 11) is 1.22. The quantitative estimate of drug-likeness (QED) is 0.325. The Morgan fingerprint density at radius 3 is 1.68 bits per heavy atom. The van der Waals surface area contributed by atoms with Crippen LogP contribution in [0.3, 0.4) is 0 Å². The zero-order valence-corrected chi connectivity index (χ0v) is 23.1. The lowest BCUT2D eigenvalue weighted by Gasteiger charge is -2.35. The second-order valence-corrected chi connectivity index (χ2v) is 10.7. The summed E-state index contributed by atoms with van der Waals surface area (Å²) in [5.74, 6) is -2.74. The van der Waals surface area contributed by atoms with Crippen LogP contribution in [-0.2, 0) is 35.3 Å². The van der Waals surface area contributed by atoms with Gasteiger partial charge in [0, 0.05) is 0 Å². The number of esters is 1. The molecule has 0 aliphatic carbocycles. The Labute approximate surface area is 218 Å². The number of hydrogen-bond donors (Lipinski definition) is 4. The van der Waals surface area contributed by atoms with Gasteiger partial charge in [-0.3, -0.25) is 14.4 Å². The SMILES string of the molecule is COC(=O)[C@@H](NC(=O)C(C)(C)NC(=O)C(C)(C)NC(=O)C(C)(C)NC(=O)OCc1ccccc1)C(C)C. The van der Waals surface area contributed by atoms with Gasteiger partial charge >= 0.3 is 12.1 Å². The Bertz CT molecular complexity index is 988. The Morgan fingerprint density at radius 2 is 1.22 bits per heavy atom. The largest absolute Gasteiger partial charge is 0.467 e. The molecule has 0 saturated heterocycles. The molecule has 11 heteroatoms. The number of carbonyl (C=O) groups is 5. The second-order valence-electron chi connectivity index (χ2n) is 10.7. The van der Waals surface area contributed by atoms with Crippen molar-refractivity contribution in [3.05, 3.63) is 35.9 Å². The molecular formula is C26H40N4O7. The third kappa shape index (κ3) is 9.40. The van der Waals surface area contributed by atoms with E-state index in [1.165, 1.54) is 48.7 Å². The van der Waals surface area contributed by atoms with Crippen LogP contribution in [0.25, 0.3) is 0 Å². The number of alkyl carbamates (subject to hydrolysis) is 1. The van der Waals surface area contributed by atoms with Crippen molar-refractivity contribution in [3.63, 3.8) is 0 Å². The summed E-state index contributed by atoms with van der Waals surface area (Å²) in [6.07, 6.45) is -0.797. The van der Waals surface area contributed by atoms with Crippen LogP contribution in [0.5, 0.6) is 0 Å². The maximum atomic E-state index is 13.0. The maximum Gasteiger partial charge on any atom is 0.408 e. The van der Waals surface area contributed by atoms with E-state index in [4.69, 9.17) is 9.47 Å². The maximum absolute atomic E-state index is 13.0. The number of ether oxygens (including phenoxy) is 2. The highest BCUT2D eigenvalue weighted by Crippen LogP contribution is 2.13. The van der Waals surface area contributed by atoms with Crippen LogP contribution in [0.1, 0.15) is 61.0 Å². The van der Waals surface area contributed by atoms with Crippen molar-refractivity contribution in [1.29, 1.82) is 0 Å². The van der Waals surface area contributed by atoms with Crippen LogP contribution >= 0.6 is 0 Å². The van der Waals surface area contributed by atoms with Gasteiger partial charge in [-0.25, -0.2) is 9.59 Å². The molecule has 0 spiro atoms. The Balaban J connectivity index is 2.78. The molecule has 0 fully saturated rings. The molecule has 0 radical (unpaired) electrons. The van der Waals surface area contributed by atoms with E-state index in [0.717, 1.165) is 5.56 Å². The van der Waals surface area contributed by atoms with Crippen molar-refractivity contribution < 1.29 is 33.4 Å². The van der Waals surface area contributed by atoms with Crippen molar-refractivity contribution in [3.8, 4) is 0 Å². The summed E-state index contributed by atoms with van der Waals surface area (Å²) in [5, 5.41) is 10.3. The Morgan fingerprint density at radius 1 is 0.757 bits per heavy atom. The monoisotopic (exact) mass is 520 g/mol. The summed E-state index contributed by atoms with van der Waals surface area (Å²) < 4.78 is 9.91. The molecule has 1 aromatic carbocycles. The van der Waals surface area contributed by atoms with Gasteiger partial charge in [0.05, 0.1) is 7.11 Å². The molecule has 4 N–H and O–H groups in total. The summed E-state index contributed by atoms with van der Waals surface area (Å²) >= 11 is 0. The number of carbonyl (C=O) groups excluding carboxylic acids is 5. The van der Waals surface area contributed by atoms with E-state index < -0.39 is 52.4 Å². The first kappa shape index (κ1) is 31.4. The molecule has 0 aliphatic rings. The van der Waals surface area contributed by atoms with E-state index in [-0.39, 0.29) is 12.5 Å². The molecule has 0 saturated carbocycles. The van der Waals surface area contributed by atoms with Gasteiger partial charge in [-0.05, 0) is 53.0 Å². The molecule has 0 bridgehead atoms. The number of methoxy groups -OCH3 is 1. The van der Waals surface area contributed by atoms with Gasteiger partial charge in [-0.2, -0.15) is 0 Å². The van der Waals surface area contributed by atoms with E-state index in [1.54, 1.807) is 26.0 Å². The molecule has 0 heterocycles. The smallest absolute Gasteiger partial charge is 0.408 e. The Kier molecular flexibility index (Phi) is 10.7. The first-order valence-corrected chi connectivity index (χ1v) is 12.0. The lowest BCUT2D eigenvalue weighted by atomic mass is 9.96. The van der Waals surface area contributed by atoms with Crippen molar-refractivity contribution in [2.45, 2.75) is 84.7 Å². The predicted octanol–water partition coefficient (Wildman–Crippen LogP) is 1.79. The van der Waals surface area contributed by atoms with Crippen LogP contribution < -0.4 is 21.3 Å². The van der Waals surface area contributed by atoms with E-state index in [1.807, 2.05) is 18.2 Å². The third-order valence-electron chi connectivity index (χ3n) is 5.59. The molecule has 37 heavy (non-hydrogen) atoms. The number of amides is 4. The second kappa shape index (κ2) is 12.6. The molecule has 0 aliphatic heterocycles. The van der Waals surface area contributed by atoms with Gasteiger partial charge in [0.1, 0.15) is 29.3 Å². The average molecular weight is 521 g/mol. The van der Waals surface area contributed by atoms with Gasteiger partial charge in [0.2, 0.25) is 17.7 Å². The molecule has 0 unspecified atom stereocenters. The van der Waals surface area contributed by atoms with Gasteiger partial charge in [-0.1, -0.05) is 44.2 Å². The van der Waals surface area contributed by atoms with Crippen molar-refractivity contribution in [2.75, 3.05) is 7.11 Å². The van der Waals surface area contributed by atoms with E-state index in [0.29, 0.717) is 0 Å². The fourth-order valence-electron chi connectivity index (χ4n) is 3.01. The van der Waals surface area contributed by atoms with E-state index >= 15 is 0 Å². The zero-order valence-electron chi connectivity index (χ0n) is 23.1. The Hall–Kier alpha value is -3.63. The summed E-state index contributed by atoms with van der Waals surface area (Å²) in [4.78, 5) is 63.0. The number of benzene rings is 1. The lowest BCUT2D eigenvalue weighted by Crippen LogP contribution is -2.66. The zero-order chi connectivity index (χ0) is 28.6. The van der Waals surface area contributed by atoms with Crippen molar-refractivity contribution in [2.24, 2.45) is 5.92 Å². The van der Waals surface area contributed by atoms with Crippen LogP contribution in [-0.4, -0.2) is 59.6 Å². The number of nitrogens with one attached hydrogen (secondary N) is 4. The first-order valence-electron chi connectivity index (χ1n) is 12.0. The normalized spacial score (nSPS) is 12.7. The van der Waals surface area contributed by atoms with E-state index in [9.17, 15) is 24.0 Å². The van der Waals surface area contributed by atoms with Crippen molar-refractivity contribution in [1.82, 2.24) is 21.3 Å². The summed E-state index contributed by atoms with van der Waals surface area (Å²) in [6.45, 7) is 12.3. The highest BCUT2D eigenvalue weighted by Gasteiger charge is 2.41. The van der Waals surface area contributed by atoms with Crippen LogP contribution in [0, 0.1) is 5.92 Å². The van der Waals surface area contributed by atoms with Gasteiger partial charge in [-0.15, -0.1) is 0 Å². The van der Waals surface area contributed by atoms with Crippen LogP contribution in [0.4, 0.5) is 4.79 Å². The van der Waals surface area contributed by atoms with Gasteiger partial charge in [0.25, 0.3) is 0 Å². The number of rotatable bonds is 11. The molecule has 206 valence electrons. The lowest BCUT2D eigenvalue weighted by molar-refractivity contribution is -0.147. The average Bonchev–Trinajstić information content (AvgIpc) is 2.80. The van der Waals surface area contributed by atoms with Crippen LogP contribution in [0.2, 0.25) is 0 Å². The minimum absolute atomic E-state index is 0.0308. The molecule has 1 aromatic rings. The first-order chi connectivity index (χ1) is 16.9. The fourth-order valence-corrected chi connectivity index (χ4v) is 3.01. The molecule has 1 rings (SSSR count). The molecule has 4 amide bonds. The molecule has 11 nitrogen and oxygen atoms in total. The van der Waals surface area contributed by atoms with E-state index in [2.05, 4.69) is 21.3 Å². The van der Waals surface area contributed by atoms with Crippen molar-refractivity contribution >= 4 is 29.8 Å². The molecule has 1 atom stereocenters. The topological polar surface area (TPSA) is 152 Å². The highest BCUT2D eigenvalue weighted by atomic mass is 16.5. The standard InChI is InChI=1S/C26H40N4O7/c1-16(2)18(19(31)36-9)27-20(32)24(3,4)28-21(33)25(5,6)29-22(34)26(7,8)30-23(35)37-15-17-13-11-10-12-14-17/h10-14,16,18H,15H2,1-9H3,(H,27,32)(H,28,33)(H,29,34)(H,30,35)/t18-/m0/s1. The van der Waals surface area contributed by atoms with Gasteiger partial charge in [0.15, 0.2) is 0 Å². The molecular weight excluding hydrogens is 480 g/mol. The van der Waals surface area contributed by atoms with Crippen LogP contribution in [0.15, 0.2) is 30.3 Å². The minimum atomic E-state index is -1.46. The highest BCUT2D eigenvalue weighted by molar-refractivity contribution is 5.98. The predicted molar refractivity (Wildman–Crippen MR) is 137 cm³/mol. The fraction of sp³-hybridized carbons (Fsp3) is 0.577. The summed E-state index contributed by atoms with van der Waals surface area (Å²) in [5.41, 5.74) is -3.50. The van der Waals surface area contributed by atoms with Gasteiger partial charge < -0.3 is 30.7 Å². The minimum Gasteiger partial charge on any atom is -0.467 e.